The Kier molecular flexibility index (Phi) is 8.87. The number of pyridine rings is 2. The Bertz CT molecular complexity index is 774. The molecule has 2 heterocycles. The molecule has 0 spiro atoms. The largest absolute Gasteiger partial charge is 1.00 e. The summed E-state index contributed by atoms with van der Waals surface area (Å²) in [5.74, 6) is 0. The van der Waals surface area contributed by atoms with Gasteiger partial charge in [0, 0.05) is 24.8 Å². The van der Waals surface area contributed by atoms with Crippen LogP contribution in [0.2, 0.25) is 0 Å². The number of nitrogens with zero attached hydrogens (tertiary/aromatic N) is 2. The zero-order valence-corrected chi connectivity index (χ0v) is 14.6. The number of aromatic nitrogens is 2. The fourth-order valence-corrected chi connectivity index (χ4v) is 4.81. The average Bonchev–Trinajstić information content (AvgIpc) is 2.44. The monoisotopic (exact) mass is 356 g/mol. The van der Waals surface area contributed by atoms with Gasteiger partial charge in [-0.1, -0.05) is 0 Å². The minimum atomic E-state index is -5.13. The molecule has 2 aromatic rings. The first kappa shape index (κ1) is 23.3. The van der Waals surface area contributed by atoms with Crippen molar-refractivity contribution in [2.45, 2.75) is 10.5 Å². The molecule has 118 valence electrons. The molecule has 0 saturated carbocycles. The van der Waals surface area contributed by atoms with Gasteiger partial charge in [-0.2, -0.15) is 0 Å². The Hall–Kier alpha value is -0.685. The molecule has 0 amide bonds. The van der Waals surface area contributed by atoms with E-state index in [1.54, 1.807) is 0 Å². The van der Waals surface area contributed by atoms with Crippen LogP contribution in [-0.2, 0) is 20.2 Å². The van der Waals surface area contributed by atoms with Crippen molar-refractivity contribution in [2.75, 3.05) is 0 Å². The Morgan fingerprint density at radius 1 is 0.667 bits per heavy atom. The van der Waals surface area contributed by atoms with E-state index in [0.29, 0.717) is 0 Å². The molecule has 0 aromatic carbocycles. The van der Waals surface area contributed by atoms with Crippen molar-refractivity contribution in [3.8, 4) is 0 Å². The first-order chi connectivity index (χ1) is 10.2. The summed E-state index contributed by atoms with van der Waals surface area (Å²) in [6, 6.07) is 4.72. The van der Waals surface area contributed by atoms with Gasteiger partial charge in [-0.3, -0.25) is 9.97 Å². The minimum absolute atomic E-state index is 0. The summed E-state index contributed by atoms with van der Waals surface area (Å²) in [7, 11) is -10.3. The molecule has 0 aliphatic carbocycles. The summed E-state index contributed by atoms with van der Waals surface area (Å²) >= 11 is 0. The summed E-state index contributed by atoms with van der Waals surface area (Å²) in [5.41, 5.74) is -0.238. The van der Waals surface area contributed by atoms with Gasteiger partial charge < -0.3 is 9.11 Å². The quantitative estimate of drug-likeness (QED) is 0.381. The van der Waals surface area contributed by atoms with E-state index < -0.39 is 30.7 Å². The molecule has 0 saturated heterocycles. The van der Waals surface area contributed by atoms with E-state index in [9.17, 15) is 25.9 Å². The van der Waals surface area contributed by atoms with Gasteiger partial charge in [0.25, 0.3) is 0 Å². The molecule has 2 rings (SSSR count). The van der Waals surface area contributed by atoms with E-state index in [4.69, 9.17) is 0 Å². The zero-order valence-electron chi connectivity index (χ0n) is 12.9. The summed E-state index contributed by atoms with van der Waals surface area (Å²) in [6.07, 6.45) is 4.81. The van der Waals surface area contributed by atoms with E-state index in [0.717, 1.165) is 0 Å². The van der Waals surface area contributed by atoms with Gasteiger partial charge in [0.2, 0.25) is 0 Å². The maximum atomic E-state index is 11.6. The van der Waals surface area contributed by atoms with Gasteiger partial charge in [-0.25, -0.2) is 16.8 Å². The summed E-state index contributed by atoms with van der Waals surface area (Å²) in [5, 5.41) is -4.14. The van der Waals surface area contributed by atoms with Gasteiger partial charge in [-0.15, -0.1) is 0 Å². The predicted molar refractivity (Wildman–Crippen MR) is 73.4 cm³/mol. The second-order valence-corrected chi connectivity index (χ2v) is 7.37. The molecule has 24 heavy (non-hydrogen) atoms. The molecule has 0 aliphatic heterocycles. The first-order valence-corrected chi connectivity index (χ1v) is 8.85. The molecular formula is C12H10Li2N2O6S2. The molecule has 12 heteroatoms. The van der Waals surface area contributed by atoms with Crippen LogP contribution in [-0.4, -0.2) is 35.9 Å². The van der Waals surface area contributed by atoms with Crippen LogP contribution in [0.4, 0.5) is 0 Å². The normalized spacial score (nSPS) is 13.9. The average molecular weight is 356 g/mol. The SMILES string of the molecule is O=S(=O)([O-])C(c1ccncc1)C(c1ccncc1)S(=O)(=O)[O-].[Li+].[Li+]. The van der Waals surface area contributed by atoms with Crippen LogP contribution in [0, 0.1) is 0 Å². The Morgan fingerprint density at radius 3 is 1.12 bits per heavy atom. The van der Waals surface area contributed by atoms with Crippen molar-refractivity contribution >= 4 is 20.2 Å². The van der Waals surface area contributed by atoms with E-state index >= 15 is 0 Å². The maximum Gasteiger partial charge on any atom is 1.00 e. The molecule has 0 fully saturated rings. The fourth-order valence-electron chi connectivity index (χ4n) is 2.09. The van der Waals surface area contributed by atoms with Crippen LogP contribution in [0.1, 0.15) is 21.6 Å². The minimum Gasteiger partial charge on any atom is -0.747 e. The van der Waals surface area contributed by atoms with E-state index in [1.807, 2.05) is 0 Å². The van der Waals surface area contributed by atoms with Crippen LogP contribution in [0.3, 0.4) is 0 Å². The second kappa shape index (κ2) is 9.13. The topological polar surface area (TPSA) is 140 Å². The standard InChI is InChI=1S/C12H12N2O6S2.2Li/c15-21(16,17)11(9-1-5-13-6-2-9)12(22(18,19)20)10-3-7-14-8-4-10;;/h1-8,11-12H,(H,15,16,17)(H,18,19,20);;/q;2*+1/p-2. The van der Waals surface area contributed by atoms with Crippen LogP contribution >= 0.6 is 0 Å². The fraction of sp³-hybridized carbons (Fsp3) is 0.167. The Balaban J connectivity index is 0.00000264. The van der Waals surface area contributed by atoms with Crippen molar-refractivity contribution < 1.29 is 63.7 Å². The summed E-state index contributed by atoms with van der Waals surface area (Å²) in [6.45, 7) is 0. The molecule has 2 aromatic heterocycles. The molecule has 8 nitrogen and oxygen atoms in total. The number of hydrogen-bond donors (Lipinski definition) is 0. The van der Waals surface area contributed by atoms with Crippen LogP contribution < -0.4 is 37.7 Å². The van der Waals surface area contributed by atoms with Crippen molar-refractivity contribution in [1.29, 1.82) is 0 Å². The third kappa shape index (κ3) is 5.69. The molecule has 0 radical (unpaired) electrons. The van der Waals surface area contributed by atoms with Gasteiger partial charge >= 0.3 is 37.7 Å². The third-order valence-electron chi connectivity index (χ3n) is 2.97. The van der Waals surface area contributed by atoms with Crippen molar-refractivity contribution in [2.24, 2.45) is 0 Å². The van der Waals surface area contributed by atoms with Crippen LogP contribution in [0.25, 0.3) is 0 Å². The van der Waals surface area contributed by atoms with Gasteiger partial charge in [0.1, 0.15) is 20.2 Å². The Morgan fingerprint density at radius 2 is 0.917 bits per heavy atom. The molecule has 0 bridgehead atoms. The van der Waals surface area contributed by atoms with E-state index in [2.05, 4.69) is 9.97 Å². The molecule has 2 unspecified atom stereocenters. The second-order valence-electron chi connectivity index (χ2n) is 4.39. The summed E-state index contributed by atoms with van der Waals surface area (Å²) < 4.78 is 69.6. The maximum absolute atomic E-state index is 11.6. The molecule has 0 N–H and O–H groups in total. The predicted octanol–water partition coefficient (Wildman–Crippen LogP) is -5.64. The van der Waals surface area contributed by atoms with Crippen LogP contribution in [0.5, 0.6) is 0 Å². The Labute approximate surface area is 164 Å². The van der Waals surface area contributed by atoms with Gasteiger partial charge in [0.05, 0.1) is 10.5 Å². The smallest absolute Gasteiger partial charge is 0.747 e. The molecule has 0 aliphatic rings. The van der Waals surface area contributed by atoms with Gasteiger partial charge in [0.15, 0.2) is 0 Å². The zero-order chi connectivity index (χ0) is 16.4. The van der Waals surface area contributed by atoms with Crippen molar-refractivity contribution in [1.82, 2.24) is 9.97 Å². The third-order valence-corrected chi connectivity index (χ3v) is 5.47. The van der Waals surface area contributed by atoms with Crippen molar-refractivity contribution in [3.63, 3.8) is 0 Å². The van der Waals surface area contributed by atoms with Crippen LogP contribution in [0.15, 0.2) is 49.1 Å². The molecule has 2 atom stereocenters. The van der Waals surface area contributed by atoms with E-state index in [-0.39, 0.29) is 48.8 Å². The molecular weight excluding hydrogens is 346 g/mol. The first-order valence-electron chi connectivity index (χ1n) is 5.90. The number of rotatable bonds is 5. The van der Waals surface area contributed by atoms with E-state index in [1.165, 1.54) is 49.1 Å². The van der Waals surface area contributed by atoms with Gasteiger partial charge in [-0.05, 0) is 35.4 Å². The summed E-state index contributed by atoms with van der Waals surface area (Å²) in [4.78, 5) is 7.34. The number of hydrogen-bond acceptors (Lipinski definition) is 8. The van der Waals surface area contributed by atoms with Crippen molar-refractivity contribution in [3.05, 3.63) is 60.2 Å².